The molecule has 0 aromatic heterocycles. The quantitative estimate of drug-likeness (QED) is 0.462. The Bertz CT molecular complexity index is 699. The monoisotopic (exact) mass is 341 g/mol. The third-order valence-electron chi connectivity index (χ3n) is 3.27. The first-order valence-electron chi connectivity index (χ1n) is 7.95. The summed E-state index contributed by atoms with van der Waals surface area (Å²) < 4.78 is 5.72. The Balaban J connectivity index is 1.92. The fourth-order valence-corrected chi connectivity index (χ4v) is 2.59. The summed E-state index contributed by atoms with van der Waals surface area (Å²) in [6.07, 6.45) is 2.67. The summed E-state index contributed by atoms with van der Waals surface area (Å²) in [5, 5.41) is 8.55. The molecule has 2 N–H and O–H groups in total. The molecule has 2 aromatic rings. The molecule has 0 spiro atoms. The van der Waals surface area contributed by atoms with Crippen LogP contribution in [0, 0.1) is 6.92 Å². The van der Waals surface area contributed by atoms with E-state index in [9.17, 15) is 0 Å². The first kappa shape index (κ1) is 18.1. The molecule has 0 unspecified atom stereocenters. The van der Waals surface area contributed by atoms with Crippen molar-refractivity contribution in [3.8, 4) is 5.75 Å². The molecule has 126 valence electrons. The van der Waals surface area contributed by atoms with Crippen LogP contribution in [0.25, 0.3) is 0 Å². The Morgan fingerprint density at radius 1 is 1.21 bits per heavy atom. The number of rotatable bonds is 7. The van der Waals surface area contributed by atoms with E-state index in [4.69, 9.17) is 10.5 Å². The summed E-state index contributed by atoms with van der Waals surface area (Å²) in [5.74, 6) is 1.67. The second-order valence-electron chi connectivity index (χ2n) is 5.33. The summed E-state index contributed by atoms with van der Waals surface area (Å²) in [6, 6.07) is 16.1. The third-order valence-corrected chi connectivity index (χ3v) is 4.12. The molecule has 0 bridgehead atoms. The minimum absolute atomic E-state index is 0.449. The molecule has 0 aliphatic heterocycles. The first-order valence-corrected chi connectivity index (χ1v) is 8.94. The average molecular weight is 341 g/mol. The Morgan fingerprint density at radius 3 is 2.75 bits per heavy atom. The van der Waals surface area contributed by atoms with E-state index in [2.05, 4.69) is 29.3 Å². The largest absolute Gasteiger partial charge is 0.493 e. The van der Waals surface area contributed by atoms with Crippen LogP contribution in [0.4, 0.5) is 0 Å². The van der Waals surface area contributed by atoms with Crippen LogP contribution < -0.4 is 10.5 Å². The Kier molecular flexibility index (Phi) is 7.36. The molecule has 0 aliphatic carbocycles. The van der Waals surface area contributed by atoms with Crippen LogP contribution in [-0.2, 0) is 5.75 Å². The van der Waals surface area contributed by atoms with E-state index in [-0.39, 0.29) is 0 Å². The number of aryl methyl sites for hydroxylation is 1. The fraction of sp³-hybridized carbons (Fsp3) is 0.263. The number of thioether (sulfide) groups is 1. The van der Waals surface area contributed by atoms with Gasteiger partial charge < -0.3 is 10.5 Å². The zero-order valence-corrected chi connectivity index (χ0v) is 14.9. The Labute approximate surface area is 147 Å². The molecule has 0 radical (unpaired) electrons. The Hall–Kier alpha value is -2.27. The van der Waals surface area contributed by atoms with Gasteiger partial charge in [0.25, 0.3) is 0 Å². The van der Waals surface area contributed by atoms with Gasteiger partial charge in [0.2, 0.25) is 0 Å². The van der Waals surface area contributed by atoms with Crippen LogP contribution in [0.3, 0.4) is 0 Å². The van der Waals surface area contributed by atoms with Gasteiger partial charge in [0.15, 0.2) is 5.17 Å². The normalized spacial score (nSPS) is 11.8. The fourth-order valence-electron chi connectivity index (χ4n) is 1.98. The number of nitrogens with two attached hydrogens (primary N) is 1. The molecule has 4 nitrogen and oxygen atoms in total. The number of ether oxygens (including phenoxy) is 1. The molecular weight excluding hydrogens is 318 g/mol. The third kappa shape index (κ3) is 6.08. The predicted molar refractivity (Wildman–Crippen MR) is 104 cm³/mol. The number of nitrogens with zero attached hydrogens (tertiary/aromatic N) is 2. The van der Waals surface area contributed by atoms with Crippen LogP contribution in [0.5, 0.6) is 5.75 Å². The predicted octanol–water partition coefficient (Wildman–Crippen LogP) is 4.37. The van der Waals surface area contributed by atoms with Crippen molar-refractivity contribution in [3.05, 3.63) is 65.2 Å². The van der Waals surface area contributed by atoms with E-state index in [1.807, 2.05) is 43.3 Å². The molecule has 2 rings (SSSR count). The lowest BCUT2D eigenvalue weighted by atomic mass is 10.1. The highest BCUT2D eigenvalue weighted by atomic mass is 32.2. The van der Waals surface area contributed by atoms with Gasteiger partial charge in [0.05, 0.1) is 12.8 Å². The van der Waals surface area contributed by atoms with Crippen LogP contribution in [0.15, 0.2) is 58.7 Å². The highest BCUT2D eigenvalue weighted by molar-refractivity contribution is 8.13. The minimum Gasteiger partial charge on any atom is -0.493 e. The number of benzene rings is 2. The molecule has 0 saturated heterocycles. The smallest absolute Gasteiger partial charge is 0.180 e. The molecule has 0 saturated carbocycles. The SMILES string of the molecule is CCCOc1cc(C=NN=C(N)SCc2ccccc2)ccc1C. The van der Waals surface area contributed by atoms with Crippen LogP contribution in [0.2, 0.25) is 0 Å². The number of hydrogen-bond acceptors (Lipinski definition) is 4. The second kappa shape index (κ2) is 9.78. The van der Waals surface area contributed by atoms with Crippen LogP contribution in [-0.4, -0.2) is 18.0 Å². The van der Waals surface area contributed by atoms with Gasteiger partial charge in [0, 0.05) is 5.75 Å². The van der Waals surface area contributed by atoms with Gasteiger partial charge in [-0.15, -0.1) is 5.10 Å². The van der Waals surface area contributed by atoms with Gasteiger partial charge in [0.1, 0.15) is 5.75 Å². The van der Waals surface area contributed by atoms with E-state index in [0.717, 1.165) is 29.1 Å². The van der Waals surface area contributed by atoms with E-state index in [0.29, 0.717) is 11.8 Å². The second-order valence-corrected chi connectivity index (χ2v) is 6.33. The van der Waals surface area contributed by atoms with E-state index >= 15 is 0 Å². The van der Waals surface area contributed by atoms with Gasteiger partial charge in [-0.3, -0.25) is 0 Å². The summed E-state index contributed by atoms with van der Waals surface area (Å²) in [7, 11) is 0. The topological polar surface area (TPSA) is 60.0 Å². The average Bonchev–Trinajstić information content (AvgIpc) is 2.61. The molecule has 24 heavy (non-hydrogen) atoms. The Morgan fingerprint density at radius 2 is 2.00 bits per heavy atom. The van der Waals surface area contributed by atoms with E-state index < -0.39 is 0 Å². The van der Waals surface area contributed by atoms with Crippen molar-refractivity contribution >= 4 is 23.1 Å². The summed E-state index contributed by atoms with van der Waals surface area (Å²) >= 11 is 1.47. The van der Waals surface area contributed by atoms with Crippen molar-refractivity contribution in [1.82, 2.24) is 0 Å². The van der Waals surface area contributed by atoms with Crippen molar-refractivity contribution in [2.75, 3.05) is 6.61 Å². The van der Waals surface area contributed by atoms with Crippen molar-refractivity contribution in [3.63, 3.8) is 0 Å². The lowest BCUT2D eigenvalue weighted by molar-refractivity contribution is 0.315. The maximum atomic E-state index is 5.88. The van der Waals surface area contributed by atoms with Gasteiger partial charge >= 0.3 is 0 Å². The molecule has 0 heterocycles. The van der Waals surface area contributed by atoms with Crippen molar-refractivity contribution in [2.45, 2.75) is 26.0 Å². The number of amidine groups is 1. The molecule has 2 aromatic carbocycles. The van der Waals surface area contributed by atoms with E-state index in [1.54, 1.807) is 6.21 Å². The standard InChI is InChI=1S/C19H23N3OS/c1-3-11-23-18-12-17(10-9-15(18)2)13-21-22-19(20)24-14-16-7-5-4-6-8-16/h4-10,12-13H,3,11,14H2,1-2H3,(H2,20,22). The summed E-state index contributed by atoms with van der Waals surface area (Å²) in [5.41, 5.74) is 9.14. The van der Waals surface area contributed by atoms with Gasteiger partial charge in [-0.25, -0.2) is 0 Å². The highest BCUT2D eigenvalue weighted by Gasteiger charge is 2.00. The molecule has 0 aliphatic rings. The molecule has 0 atom stereocenters. The van der Waals surface area contributed by atoms with E-state index in [1.165, 1.54) is 17.3 Å². The molecule has 0 amide bonds. The maximum absolute atomic E-state index is 5.88. The van der Waals surface area contributed by atoms with Crippen LogP contribution in [0.1, 0.15) is 30.0 Å². The zero-order valence-electron chi connectivity index (χ0n) is 14.1. The number of hydrogen-bond donors (Lipinski definition) is 1. The summed E-state index contributed by atoms with van der Waals surface area (Å²) in [4.78, 5) is 0. The minimum atomic E-state index is 0.449. The van der Waals surface area contributed by atoms with Crippen molar-refractivity contribution in [2.24, 2.45) is 15.9 Å². The zero-order chi connectivity index (χ0) is 17.2. The lowest BCUT2D eigenvalue weighted by Crippen LogP contribution is -2.06. The molecule has 0 fully saturated rings. The van der Waals surface area contributed by atoms with Crippen molar-refractivity contribution < 1.29 is 4.74 Å². The first-order chi connectivity index (χ1) is 11.7. The van der Waals surface area contributed by atoms with Crippen molar-refractivity contribution in [1.29, 1.82) is 0 Å². The van der Waals surface area contributed by atoms with Gasteiger partial charge in [-0.1, -0.05) is 61.2 Å². The maximum Gasteiger partial charge on any atom is 0.180 e. The van der Waals surface area contributed by atoms with Crippen LogP contribution >= 0.6 is 11.8 Å². The van der Waals surface area contributed by atoms with Gasteiger partial charge in [-0.05, 0) is 36.1 Å². The molecule has 5 heteroatoms. The molecular formula is C19H23N3OS. The highest BCUT2D eigenvalue weighted by Crippen LogP contribution is 2.19. The van der Waals surface area contributed by atoms with Gasteiger partial charge in [-0.2, -0.15) is 5.10 Å². The lowest BCUT2D eigenvalue weighted by Gasteiger charge is -2.08. The summed E-state index contributed by atoms with van der Waals surface area (Å²) in [6.45, 7) is 4.83.